The Bertz CT molecular complexity index is 432. The van der Waals surface area contributed by atoms with Crippen LogP contribution in [0.1, 0.15) is 18.4 Å². The third-order valence-corrected chi connectivity index (χ3v) is 3.00. The van der Waals surface area contributed by atoms with Crippen LogP contribution in [-0.4, -0.2) is 18.0 Å². The first-order valence-electron chi connectivity index (χ1n) is 5.88. The Morgan fingerprint density at radius 1 is 1.47 bits per heavy atom. The van der Waals surface area contributed by atoms with Gasteiger partial charge in [-0.15, -0.1) is 6.42 Å². The number of halogens is 1. The highest BCUT2D eigenvalue weighted by Gasteiger charge is 2.24. The summed E-state index contributed by atoms with van der Waals surface area (Å²) in [5.74, 6) is 3.13. The minimum atomic E-state index is -0.247. The maximum Gasteiger partial charge on any atom is 0.129 e. The van der Waals surface area contributed by atoms with E-state index in [9.17, 15) is 4.39 Å². The van der Waals surface area contributed by atoms with Crippen LogP contribution >= 0.6 is 0 Å². The zero-order valence-corrected chi connectivity index (χ0v) is 9.82. The molecule has 0 radical (unpaired) electrons. The Kier molecular flexibility index (Phi) is 3.65. The fourth-order valence-electron chi connectivity index (χ4n) is 1.91. The molecule has 90 valence electrons. The van der Waals surface area contributed by atoms with Crippen molar-refractivity contribution in [2.75, 3.05) is 18.8 Å². The van der Waals surface area contributed by atoms with Gasteiger partial charge in [-0.1, -0.05) is 12.0 Å². The SMILES string of the molecule is C#CCN(Cc1ccc(N)cc1F)CC1CC1. The van der Waals surface area contributed by atoms with E-state index in [2.05, 4.69) is 10.8 Å². The van der Waals surface area contributed by atoms with Crippen molar-refractivity contribution in [3.63, 3.8) is 0 Å². The van der Waals surface area contributed by atoms with Gasteiger partial charge in [-0.05, 0) is 30.9 Å². The van der Waals surface area contributed by atoms with Crippen molar-refractivity contribution in [1.82, 2.24) is 4.90 Å². The summed E-state index contributed by atoms with van der Waals surface area (Å²) in [6.07, 6.45) is 7.87. The van der Waals surface area contributed by atoms with Crippen LogP contribution in [-0.2, 0) is 6.54 Å². The number of nitrogens with zero attached hydrogens (tertiary/aromatic N) is 1. The molecule has 0 aliphatic heterocycles. The highest BCUT2D eigenvalue weighted by atomic mass is 19.1. The second-order valence-electron chi connectivity index (χ2n) is 4.67. The minimum Gasteiger partial charge on any atom is -0.399 e. The van der Waals surface area contributed by atoms with Crippen LogP contribution in [0.4, 0.5) is 10.1 Å². The lowest BCUT2D eigenvalue weighted by Gasteiger charge is -2.20. The van der Waals surface area contributed by atoms with E-state index in [4.69, 9.17) is 12.2 Å². The Morgan fingerprint density at radius 2 is 2.24 bits per heavy atom. The van der Waals surface area contributed by atoms with Crippen LogP contribution in [0, 0.1) is 24.1 Å². The van der Waals surface area contributed by atoms with Crippen molar-refractivity contribution in [1.29, 1.82) is 0 Å². The summed E-state index contributed by atoms with van der Waals surface area (Å²) in [4.78, 5) is 2.12. The molecular weight excluding hydrogens is 215 g/mol. The number of hydrogen-bond acceptors (Lipinski definition) is 2. The zero-order chi connectivity index (χ0) is 12.3. The van der Waals surface area contributed by atoms with Crippen LogP contribution in [0.25, 0.3) is 0 Å². The molecule has 2 nitrogen and oxygen atoms in total. The van der Waals surface area contributed by atoms with Gasteiger partial charge in [0.05, 0.1) is 6.54 Å². The molecule has 2 N–H and O–H groups in total. The molecule has 1 saturated carbocycles. The van der Waals surface area contributed by atoms with Crippen molar-refractivity contribution in [2.24, 2.45) is 5.92 Å². The van der Waals surface area contributed by atoms with E-state index in [1.165, 1.54) is 18.9 Å². The minimum absolute atomic E-state index is 0.247. The van der Waals surface area contributed by atoms with Crippen molar-refractivity contribution in [3.05, 3.63) is 29.6 Å². The van der Waals surface area contributed by atoms with E-state index >= 15 is 0 Å². The summed E-state index contributed by atoms with van der Waals surface area (Å²) < 4.78 is 13.6. The molecule has 0 amide bonds. The predicted octanol–water partition coefficient (Wildman–Crippen LogP) is 2.25. The third-order valence-electron chi connectivity index (χ3n) is 3.00. The average molecular weight is 232 g/mol. The number of terminal acetylenes is 1. The quantitative estimate of drug-likeness (QED) is 0.623. The first-order chi connectivity index (χ1) is 8.19. The molecule has 0 atom stereocenters. The number of rotatable bonds is 5. The number of nitrogens with two attached hydrogens (primary N) is 1. The second-order valence-corrected chi connectivity index (χ2v) is 4.67. The molecule has 3 heteroatoms. The van der Waals surface area contributed by atoms with E-state index in [0.29, 0.717) is 24.3 Å². The summed E-state index contributed by atoms with van der Waals surface area (Å²) in [7, 11) is 0. The first-order valence-corrected chi connectivity index (χ1v) is 5.88. The summed E-state index contributed by atoms with van der Waals surface area (Å²) in [6.45, 7) is 2.10. The van der Waals surface area contributed by atoms with Crippen molar-refractivity contribution < 1.29 is 4.39 Å². The van der Waals surface area contributed by atoms with E-state index in [1.54, 1.807) is 12.1 Å². The first kappa shape index (κ1) is 11.9. The van der Waals surface area contributed by atoms with E-state index in [-0.39, 0.29) is 5.82 Å². The van der Waals surface area contributed by atoms with Crippen molar-refractivity contribution in [2.45, 2.75) is 19.4 Å². The van der Waals surface area contributed by atoms with Gasteiger partial charge in [-0.2, -0.15) is 0 Å². The van der Waals surface area contributed by atoms with Gasteiger partial charge in [-0.25, -0.2) is 4.39 Å². The fraction of sp³-hybridized carbons (Fsp3) is 0.429. The van der Waals surface area contributed by atoms with Gasteiger partial charge in [0.1, 0.15) is 5.82 Å². The number of hydrogen-bond donors (Lipinski definition) is 1. The number of nitrogen functional groups attached to an aromatic ring is 1. The molecular formula is C14H17FN2. The average Bonchev–Trinajstić information content (AvgIpc) is 3.06. The monoisotopic (exact) mass is 232 g/mol. The number of benzene rings is 1. The molecule has 1 aliphatic carbocycles. The summed E-state index contributed by atoms with van der Waals surface area (Å²) in [5.41, 5.74) is 6.64. The molecule has 1 aromatic rings. The Morgan fingerprint density at radius 3 is 2.82 bits per heavy atom. The maximum absolute atomic E-state index is 13.6. The molecule has 0 saturated heterocycles. The highest BCUT2D eigenvalue weighted by Crippen LogP contribution is 2.30. The number of anilines is 1. The Balaban J connectivity index is 2.02. The third kappa shape index (κ3) is 3.47. The fourth-order valence-corrected chi connectivity index (χ4v) is 1.91. The van der Waals surface area contributed by atoms with Gasteiger partial charge in [0, 0.05) is 24.3 Å². The molecule has 0 unspecified atom stereocenters. The van der Waals surface area contributed by atoms with Crippen molar-refractivity contribution >= 4 is 5.69 Å². The van der Waals surface area contributed by atoms with Gasteiger partial charge in [0.25, 0.3) is 0 Å². The normalized spacial score (nSPS) is 14.9. The molecule has 0 heterocycles. The summed E-state index contributed by atoms with van der Waals surface area (Å²) in [6, 6.07) is 4.82. The predicted molar refractivity (Wildman–Crippen MR) is 67.6 cm³/mol. The molecule has 0 bridgehead atoms. The van der Waals surface area contributed by atoms with Gasteiger partial charge in [0.2, 0.25) is 0 Å². The molecule has 1 aliphatic rings. The molecule has 2 rings (SSSR count). The molecule has 0 spiro atoms. The van der Waals surface area contributed by atoms with E-state index < -0.39 is 0 Å². The van der Waals surface area contributed by atoms with Gasteiger partial charge in [0.15, 0.2) is 0 Å². The summed E-state index contributed by atoms with van der Waals surface area (Å²) >= 11 is 0. The standard InChI is InChI=1S/C14H17FN2/c1-2-7-17(9-11-3-4-11)10-12-5-6-13(16)8-14(12)15/h1,5-6,8,11H,3-4,7,9-10,16H2. The lowest BCUT2D eigenvalue weighted by atomic mass is 10.1. The van der Waals surface area contributed by atoms with Gasteiger partial charge in [-0.3, -0.25) is 4.90 Å². The summed E-state index contributed by atoms with van der Waals surface area (Å²) in [5, 5.41) is 0. The van der Waals surface area contributed by atoms with Crippen LogP contribution in [0.5, 0.6) is 0 Å². The van der Waals surface area contributed by atoms with E-state index in [0.717, 1.165) is 12.5 Å². The molecule has 1 aromatic carbocycles. The largest absolute Gasteiger partial charge is 0.399 e. The van der Waals surface area contributed by atoms with E-state index in [1.807, 2.05) is 0 Å². The van der Waals surface area contributed by atoms with Gasteiger partial charge >= 0.3 is 0 Å². The van der Waals surface area contributed by atoms with Crippen LogP contribution < -0.4 is 5.73 Å². The molecule has 1 fully saturated rings. The highest BCUT2D eigenvalue weighted by molar-refractivity contribution is 5.40. The maximum atomic E-state index is 13.6. The van der Waals surface area contributed by atoms with Crippen LogP contribution in [0.15, 0.2) is 18.2 Å². The zero-order valence-electron chi connectivity index (χ0n) is 9.82. The van der Waals surface area contributed by atoms with Crippen LogP contribution in [0.2, 0.25) is 0 Å². The smallest absolute Gasteiger partial charge is 0.129 e. The lowest BCUT2D eigenvalue weighted by molar-refractivity contribution is 0.282. The van der Waals surface area contributed by atoms with Crippen molar-refractivity contribution in [3.8, 4) is 12.3 Å². The Hall–Kier alpha value is -1.53. The topological polar surface area (TPSA) is 29.3 Å². The van der Waals surface area contributed by atoms with Gasteiger partial charge < -0.3 is 5.73 Å². The molecule has 17 heavy (non-hydrogen) atoms. The second kappa shape index (κ2) is 5.20. The lowest BCUT2D eigenvalue weighted by Crippen LogP contribution is -2.26. The Labute approximate surface area is 102 Å². The molecule has 0 aromatic heterocycles. The van der Waals surface area contributed by atoms with Crippen LogP contribution in [0.3, 0.4) is 0 Å².